The zero-order chi connectivity index (χ0) is 18.7. The van der Waals surface area contributed by atoms with Gasteiger partial charge in [-0.05, 0) is 54.8 Å². The lowest BCUT2D eigenvalue weighted by Gasteiger charge is -2.31. The summed E-state index contributed by atoms with van der Waals surface area (Å²) in [6.07, 6.45) is 1.93. The molecular weight excluding hydrogens is 352 g/mol. The number of anilines is 2. The van der Waals surface area contributed by atoms with Crippen molar-refractivity contribution in [1.29, 1.82) is 0 Å². The molecule has 0 radical (unpaired) electrons. The van der Waals surface area contributed by atoms with Crippen LogP contribution < -0.4 is 14.4 Å². The van der Waals surface area contributed by atoms with Crippen LogP contribution in [0.3, 0.4) is 0 Å². The molecule has 0 saturated heterocycles. The zero-order valence-electron chi connectivity index (χ0n) is 14.9. The van der Waals surface area contributed by atoms with Gasteiger partial charge in [-0.15, -0.1) is 0 Å². The number of ether oxygens (including phenoxy) is 1. The maximum atomic E-state index is 13.1. The molecule has 3 rings (SSSR count). The maximum Gasteiger partial charge on any atom is 0.264 e. The van der Waals surface area contributed by atoms with Crippen molar-refractivity contribution < 1.29 is 17.9 Å². The van der Waals surface area contributed by atoms with Crippen LogP contribution in [0, 0.1) is 0 Å². The van der Waals surface area contributed by atoms with Gasteiger partial charge < -0.3 is 10.1 Å². The molecule has 0 fully saturated rings. The average Bonchev–Trinajstić information content (AvgIpc) is 2.67. The summed E-state index contributed by atoms with van der Waals surface area (Å²) in [5.74, 6) is 0.498. The Morgan fingerprint density at radius 1 is 1.19 bits per heavy atom. The molecule has 138 valence electrons. The molecule has 6 nitrogen and oxygen atoms in total. The van der Waals surface area contributed by atoms with Crippen LogP contribution in [-0.2, 0) is 21.2 Å². The van der Waals surface area contributed by atoms with E-state index in [0.29, 0.717) is 30.1 Å². The van der Waals surface area contributed by atoms with Crippen LogP contribution >= 0.6 is 0 Å². The molecule has 1 N–H and O–H groups in total. The van der Waals surface area contributed by atoms with Gasteiger partial charge in [0.05, 0.1) is 17.7 Å². The second-order valence-corrected chi connectivity index (χ2v) is 7.96. The van der Waals surface area contributed by atoms with E-state index in [0.717, 1.165) is 18.4 Å². The van der Waals surface area contributed by atoms with Gasteiger partial charge in [-0.25, -0.2) is 8.42 Å². The van der Waals surface area contributed by atoms with Crippen LogP contribution in [0.1, 0.15) is 25.3 Å². The topological polar surface area (TPSA) is 75.7 Å². The van der Waals surface area contributed by atoms with Crippen molar-refractivity contribution in [1.82, 2.24) is 0 Å². The summed E-state index contributed by atoms with van der Waals surface area (Å²) in [6.45, 7) is 2.18. The Hall–Kier alpha value is -2.54. The quantitative estimate of drug-likeness (QED) is 0.872. The minimum Gasteiger partial charge on any atom is -0.497 e. The van der Waals surface area contributed by atoms with Crippen molar-refractivity contribution in [2.75, 3.05) is 23.3 Å². The lowest BCUT2D eigenvalue weighted by Crippen LogP contribution is -2.35. The molecule has 0 unspecified atom stereocenters. The molecule has 1 heterocycles. The third-order valence-electron chi connectivity index (χ3n) is 4.41. The fraction of sp³-hybridized carbons (Fsp3) is 0.316. The fourth-order valence-electron chi connectivity index (χ4n) is 2.99. The summed E-state index contributed by atoms with van der Waals surface area (Å²) in [7, 11) is -2.15. The molecule has 0 bridgehead atoms. The molecule has 1 amide bonds. The number of fused-ring (bicyclic) bond motifs is 1. The Morgan fingerprint density at radius 3 is 2.58 bits per heavy atom. The lowest BCUT2D eigenvalue weighted by atomic mass is 10.0. The number of hydrogen-bond donors (Lipinski definition) is 1. The van der Waals surface area contributed by atoms with Crippen LogP contribution in [0.2, 0.25) is 0 Å². The highest BCUT2D eigenvalue weighted by molar-refractivity contribution is 7.92. The van der Waals surface area contributed by atoms with Gasteiger partial charge in [0.25, 0.3) is 10.0 Å². The van der Waals surface area contributed by atoms with E-state index >= 15 is 0 Å². The van der Waals surface area contributed by atoms with Crippen LogP contribution in [0.15, 0.2) is 47.4 Å². The number of carbonyl (C=O) groups is 1. The highest BCUT2D eigenvalue weighted by atomic mass is 32.2. The largest absolute Gasteiger partial charge is 0.497 e. The minimum atomic E-state index is -3.69. The highest BCUT2D eigenvalue weighted by Gasteiger charge is 2.29. The standard InChI is InChI=1S/C19H22N2O4S/c1-3-19(22)20-15-7-6-14-5-4-12-21(18(14)13-15)26(23,24)17-10-8-16(25-2)9-11-17/h6-11,13H,3-5,12H2,1-2H3,(H,20,22). The first-order chi connectivity index (χ1) is 12.5. The summed E-state index contributed by atoms with van der Waals surface area (Å²) in [4.78, 5) is 11.9. The first-order valence-corrected chi connectivity index (χ1v) is 9.99. The number of aryl methyl sites for hydroxylation is 1. The molecule has 2 aromatic carbocycles. The van der Waals surface area contributed by atoms with Gasteiger partial charge >= 0.3 is 0 Å². The van der Waals surface area contributed by atoms with Crippen molar-refractivity contribution in [3.8, 4) is 5.75 Å². The van der Waals surface area contributed by atoms with Gasteiger partial charge in [0.15, 0.2) is 0 Å². The number of nitrogens with one attached hydrogen (secondary N) is 1. The molecule has 0 aliphatic carbocycles. The molecule has 0 atom stereocenters. The van der Waals surface area contributed by atoms with Gasteiger partial charge in [-0.3, -0.25) is 9.10 Å². The Balaban J connectivity index is 1.98. The Bertz CT molecular complexity index is 908. The van der Waals surface area contributed by atoms with Gasteiger partial charge in [0, 0.05) is 18.7 Å². The second-order valence-electron chi connectivity index (χ2n) is 6.10. The molecule has 0 spiro atoms. The highest BCUT2D eigenvalue weighted by Crippen LogP contribution is 2.34. The lowest BCUT2D eigenvalue weighted by molar-refractivity contribution is -0.115. The molecule has 26 heavy (non-hydrogen) atoms. The maximum absolute atomic E-state index is 13.1. The van der Waals surface area contributed by atoms with Gasteiger partial charge in [-0.2, -0.15) is 0 Å². The molecule has 0 aromatic heterocycles. The molecular formula is C19H22N2O4S. The molecule has 0 saturated carbocycles. The van der Waals surface area contributed by atoms with E-state index in [1.165, 1.54) is 11.4 Å². The van der Waals surface area contributed by atoms with E-state index in [4.69, 9.17) is 4.74 Å². The minimum absolute atomic E-state index is 0.106. The number of amides is 1. The van der Waals surface area contributed by atoms with Crippen LogP contribution in [0.4, 0.5) is 11.4 Å². The van der Waals surface area contributed by atoms with E-state index in [-0.39, 0.29) is 10.8 Å². The van der Waals surface area contributed by atoms with E-state index in [2.05, 4.69) is 5.32 Å². The monoisotopic (exact) mass is 374 g/mol. The van der Waals surface area contributed by atoms with E-state index in [1.807, 2.05) is 12.1 Å². The Kier molecular flexibility index (Phi) is 5.18. The van der Waals surface area contributed by atoms with Crippen LogP contribution in [0.5, 0.6) is 5.75 Å². The first-order valence-electron chi connectivity index (χ1n) is 8.55. The average molecular weight is 374 g/mol. The number of sulfonamides is 1. The number of rotatable bonds is 5. The van der Waals surface area contributed by atoms with Gasteiger partial charge in [0.1, 0.15) is 5.75 Å². The third kappa shape index (κ3) is 3.53. The number of carbonyl (C=O) groups excluding carboxylic acids is 1. The summed E-state index contributed by atoms with van der Waals surface area (Å²) in [5.41, 5.74) is 2.19. The fourth-order valence-corrected chi connectivity index (χ4v) is 4.53. The predicted octanol–water partition coefficient (Wildman–Crippen LogP) is 3.19. The summed E-state index contributed by atoms with van der Waals surface area (Å²) in [6, 6.07) is 11.8. The first kappa shape index (κ1) is 18.3. The smallest absolute Gasteiger partial charge is 0.264 e. The summed E-state index contributed by atoms with van der Waals surface area (Å²) in [5, 5.41) is 2.79. The van der Waals surface area contributed by atoms with Crippen molar-refractivity contribution in [2.45, 2.75) is 31.1 Å². The summed E-state index contributed by atoms with van der Waals surface area (Å²) < 4.78 is 32.8. The summed E-state index contributed by atoms with van der Waals surface area (Å²) >= 11 is 0. The second kappa shape index (κ2) is 7.37. The molecule has 2 aromatic rings. The van der Waals surface area contributed by atoms with Crippen molar-refractivity contribution in [3.63, 3.8) is 0 Å². The molecule has 1 aliphatic heterocycles. The van der Waals surface area contributed by atoms with E-state index in [1.54, 1.807) is 37.3 Å². The van der Waals surface area contributed by atoms with Gasteiger partial charge in [0.2, 0.25) is 5.91 Å². The van der Waals surface area contributed by atoms with Crippen LogP contribution in [-0.4, -0.2) is 28.0 Å². The van der Waals surface area contributed by atoms with Crippen LogP contribution in [0.25, 0.3) is 0 Å². The van der Waals surface area contributed by atoms with Crippen molar-refractivity contribution in [2.24, 2.45) is 0 Å². The molecule has 7 heteroatoms. The van der Waals surface area contributed by atoms with Crippen molar-refractivity contribution >= 4 is 27.3 Å². The van der Waals surface area contributed by atoms with E-state index < -0.39 is 10.0 Å². The van der Waals surface area contributed by atoms with Gasteiger partial charge in [-0.1, -0.05) is 13.0 Å². The molecule has 1 aliphatic rings. The number of benzene rings is 2. The number of hydrogen-bond acceptors (Lipinski definition) is 4. The Morgan fingerprint density at radius 2 is 1.92 bits per heavy atom. The van der Waals surface area contributed by atoms with Crippen molar-refractivity contribution in [3.05, 3.63) is 48.0 Å². The third-order valence-corrected chi connectivity index (χ3v) is 6.24. The normalized spacial score (nSPS) is 13.8. The Labute approximate surface area is 153 Å². The number of nitrogens with zero attached hydrogens (tertiary/aromatic N) is 1. The SMILES string of the molecule is CCC(=O)Nc1ccc2c(c1)N(S(=O)(=O)c1ccc(OC)cc1)CCC2. The predicted molar refractivity (Wildman–Crippen MR) is 101 cm³/mol. The zero-order valence-corrected chi connectivity index (χ0v) is 15.7. The number of methoxy groups -OCH3 is 1. The van der Waals surface area contributed by atoms with E-state index in [9.17, 15) is 13.2 Å².